The zero-order valence-corrected chi connectivity index (χ0v) is 12.6. The summed E-state index contributed by atoms with van der Waals surface area (Å²) in [6.07, 6.45) is 1.58. The van der Waals surface area contributed by atoms with E-state index in [1.165, 1.54) is 0 Å². The zero-order chi connectivity index (χ0) is 15.8. The summed E-state index contributed by atoms with van der Waals surface area (Å²) in [5, 5.41) is 3.91. The van der Waals surface area contributed by atoms with Gasteiger partial charge in [0.2, 0.25) is 0 Å². The van der Waals surface area contributed by atoms with E-state index < -0.39 is 0 Å². The van der Waals surface area contributed by atoms with E-state index in [1.807, 2.05) is 43.3 Å². The topological polar surface area (TPSA) is 59.9 Å². The lowest BCUT2D eigenvalue weighted by Gasteiger charge is -2.05. The van der Waals surface area contributed by atoms with Crippen molar-refractivity contribution in [2.75, 3.05) is 13.7 Å². The van der Waals surface area contributed by atoms with E-state index in [2.05, 4.69) is 10.5 Å². The van der Waals surface area contributed by atoms with Gasteiger partial charge in [-0.15, -0.1) is 0 Å². The summed E-state index contributed by atoms with van der Waals surface area (Å²) in [6, 6.07) is 14.8. The number of rotatable bonds is 6. The first-order valence-electron chi connectivity index (χ1n) is 6.83. The van der Waals surface area contributed by atoms with Gasteiger partial charge in [-0.1, -0.05) is 18.2 Å². The number of carbonyl (C=O) groups excluding carboxylic acids is 1. The summed E-state index contributed by atoms with van der Waals surface area (Å²) in [5.74, 6) is 1.15. The number of carbonyl (C=O) groups is 1. The molecule has 0 aliphatic carbocycles. The van der Waals surface area contributed by atoms with Crippen LogP contribution < -0.4 is 14.9 Å². The fourth-order valence-electron chi connectivity index (χ4n) is 1.86. The first-order chi connectivity index (χ1) is 10.7. The number of hydrogen-bond donors (Lipinski definition) is 1. The molecule has 0 aliphatic heterocycles. The molecule has 22 heavy (non-hydrogen) atoms. The Hall–Kier alpha value is -2.82. The van der Waals surface area contributed by atoms with Crippen LogP contribution in [-0.4, -0.2) is 25.8 Å². The van der Waals surface area contributed by atoms with Gasteiger partial charge in [0.05, 0.1) is 13.3 Å². The van der Waals surface area contributed by atoms with Crippen LogP contribution in [0, 0.1) is 6.92 Å². The molecule has 1 N–H and O–H groups in total. The van der Waals surface area contributed by atoms with Crippen molar-refractivity contribution in [2.45, 2.75) is 6.92 Å². The van der Waals surface area contributed by atoms with E-state index in [9.17, 15) is 4.79 Å². The standard InChI is InChI=1S/C17H18N2O3/c1-13-10-14(8-9-16(13)21-2)11-18-19-17(20)12-22-15-6-4-3-5-7-15/h3-11H,12H2,1-2H3,(H,19,20). The number of para-hydroxylation sites is 1. The molecule has 0 saturated heterocycles. The van der Waals surface area contributed by atoms with Gasteiger partial charge in [0.1, 0.15) is 11.5 Å². The lowest BCUT2D eigenvalue weighted by atomic mass is 10.1. The molecule has 0 spiro atoms. The van der Waals surface area contributed by atoms with Gasteiger partial charge < -0.3 is 9.47 Å². The molecule has 114 valence electrons. The second-order valence-corrected chi connectivity index (χ2v) is 4.62. The lowest BCUT2D eigenvalue weighted by molar-refractivity contribution is -0.123. The molecule has 2 rings (SSSR count). The Morgan fingerprint density at radius 1 is 1.23 bits per heavy atom. The Balaban J connectivity index is 1.81. The van der Waals surface area contributed by atoms with Crippen molar-refractivity contribution in [1.82, 2.24) is 5.43 Å². The molecule has 0 unspecified atom stereocenters. The van der Waals surface area contributed by atoms with Gasteiger partial charge in [-0.2, -0.15) is 5.10 Å². The van der Waals surface area contributed by atoms with Crippen LogP contribution in [0.1, 0.15) is 11.1 Å². The Kier molecular flexibility index (Phi) is 5.54. The normalized spacial score (nSPS) is 10.5. The quantitative estimate of drug-likeness (QED) is 0.658. The van der Waals surface area contributed by atoms with Crippen LogP contribution in [0.25, 0.3) is 0 Å². The minimum Gasteiger partial charge on any atom is -0.496 e. The van der Waals surface area contributed by atoms with Crippen molar-refractivity contribution in [1.29, 1.82) is 0 Å². The number of ether oxygens (including phenoxy) is 2. The summed E-state index contributed by atoms with van der Waals surface area (Å²) in [7, 11) is 1.63. The van der Waals surface area contributed by atoms with Crippen molar-refractivity contribution in [3.63, 3.8) is 0 Å². The fourth-order valence-corrected chi connectivity index (χ4v) is 1.86. The van der Waals surface area contributed by atoms with Crippen LogP contribution in [0.5, 0.6) is 11.5 Å². The van der Waals surface area contributed by atoms with E-state index in [-0.39, 0.29) is 12.5 Å². The molecule has 1 amide bonds. The predicted octanol–water partition coefficient (Wildman–Crippen LogP) is 2.53. The van der Waals surface area contributed by atoms with E-state index in [4.69, 9.17) is 9.47 Å². The van der Waals surface area contributed by atoms with Crippen molar-refractivity contribution >= 4 is 12.1 Å². The van der Waals surface area contributed by atoms with Gasteiger partial charge in [0, 0.05) is 0 Å². The third kappa shape index (κ3) is 4.63. The number of nitrogens with zero attached hydrogens (tertiary/aromatic N) is 1. The molecule has 0 heterocycles. The van der Waals surface area contributed by atoms with Crippen LogP contribution in [0.2, 0.25) is 0 Å². The minimum atomic E-state index is -0.315. The monoisotopic (exact) mass is 298 g/mol. The third-order valence-electron chi connectivity index (χ3n) is 2.93. The molecule has 2 aromatic rings. The van der Waals surface area contributed by atoms with Gasteiger partial charge >= 0.3 is 0 Å². The number of benzene rings is 2. The summed E-state index contributed by atoms with van der Waals surface area (Å²) in [5.41, 5.74) is 4.31. The molecule has 0 atom stereocenters. The number of amides is 1. The number of methoxy groups -OCH3 is 1. The second-order valence-electron chi connectivity index (χ2n) is 4.62. The fraction of sp³-hybridized carbons (Fsp3) is 0.176. The molecule has 5 nitrogen and oxygen atoms in total. The molecular weight excluding hydrogens is 280 g/mol. The summed E-state index contributed by atoms with van der Waals surface area (Å²) >= 11 is 0. The van der Waals surface area contributed by atoms with E-state index >= 15 is 0 Å². The number of aryl methyl sites for hydroxylation is 1. The van der Waals surface area contributed by atoms with Crippen molar-refractivity contribution in [2.24, 2.45) is 5.10 Å². The van der Waals surface area contributed by atoms with Crippen LogP contribution in [0.3, 0.4) is 0 Å². The molecule has 0 bridgehead atoms. The number of nitrogens with one attached hydrogen (secondary N) is 1. The van der Waals surface area contributed by atoms with Gasteiger partial charge in [-0.25, -0.2) is 5.43 Å². The summed E-state index contributed by atoms with van der Waals surface area (Å²) in [4.78, 5) is 11.6. The third-order valence-corrected chi connectivity index (χ3v) is 2.93. The Labute approximate surface area is 129 Å². The lowest BCUT2D eigenvalue weighted by Crippen LogP contribution is -2.24. The van der Waals surface area contributed by atoms with Crippen LogP contribution >= 0.6 is 0 Å². The van der Waals surface area contributed by atoms with Crippen LogP contribution in [0.4, 0.5) is 0 Å². The predicted molar refractivity (Wildman–Crippen MR) is 85.4 cm³/mol. The van der Waals surface area contributed by atoms with E-state index in [0.29, 0.717) is 5.75 Å². The molecule has 0 saturated carbocycles. The Morgan fingerprint density at radius 2 is 2.00 bits per heavy atom. The van der Waals surface area contributed by atoms with E-state index in [0.717, 1.165) is 16.9 Å². The first kappa shape index (κ1) is 15.6. The number of hydrogen-bond acceptors (Lipinski definition) is 4. The molecule has 2 aromatic carbocycles. The molecule has 5 heteroatoms. The minimum absolute atomic E-state index is 0.0804. The van der Waals surface area contributed by atoms with Crippen molar-refractivity contribution in [3.05, 3.63) is 59.7 Å². The van der Waals surface area contributed by atoms with Crippen LogP contribution in [-0.2, 0) is 4.79 Å². The average molecular weight is 298 g/mol. The van der Waals surface area contributed by atoms with Crippen molar-refractivity contribution < 1.29 is 14.3 Å². The highest BCUT2D eigenvalue weighted by Crippen LogP contribution is 2.17. The average Bonchev–Trinajstić information content (AvgIpc) is 2.54. The van der Waals surface area contributed by atoms with E-state index in [1.54, 1.807) is 25.5 Å². The maximum atomic E-state index is 11.6. The first-order valence-corrected chi connectivity index (χ1v) is 6.83. The molecule has 0 aliphatic rings. The van der Waals surface area contributed by atoms with Crippen molar-refractivity contribution in [3.8, 4) is 11.5 Å². The maximum Gasteiger partial charge on any atom is 0.277 e. The van der Waals surface area contributed by atoms with Crippen LogP contribution in [0.15, 0.2) is 53.6 Å². The highest BCUT2D eigenvalue weighted by Gasteiger charge is 2.01. The molecule has 0 aromatic heterocycles. The Bertz CT molecular complexity index is 654. The highest BCUT2D eigenvalue weighted by molar-refractivity contribution is 5.83. The summed E-state index contributed by atoms with van der Waals surface area (Å²) in [6.45, 7) is 1.87. The van der Waals surface area contributed by atoms with Gasteiger partial charge in [-0.3, -0.25) is 4.79 Å². The Morgan fingerprint density at radius 3 is 2.68 bits per heavy atom. The smallest absolute Gasteiger partial charge is 0.277 e. The largest absolute Gasteiger partial charge is 0.496 e. The zero-order valence-electron chi connectivity index (χ0n) is 12.6. The van der Waals surface area contributed by atoms with Gasteiger partial charge in [-0.05, 0) is 48.4 Å². The van der Waals surface area contributed by atoms with Gasteiger partial charge in [0.15, 0.2) is 6.61 Å². The number of hydrazone groups is 1. The maximum absolute atomic E-state index is 11.6. The molecule has 0 fully saturated rings. The summed E-state index contributed by atoms with van der Waals surface area (Å²) < 4.78 is 10.5. The molecular formula is C17H18N2O3. The molecule has 0 radical (unpaired) electrons. The SMILES string of the molecule is COc1ccc(C=NNC(=O)COc2ccccc2)cc1C. The second kappa shape index (κ2) is 7.83. The highest BCUT2D eigenvalue weighted by atomic mass is 16.5. The van der Waals surface area contributed by atoms with Gasteiger partial charge in [0.25, 0.3) is 5.91 Å².